The van der Waals surface area contributed by atoms with E-state index in [-0.39, 0.29) is 12.2 Å². The molecule has 3 N–H and O–H groups in total. The highest BCUT2D eigenvalue weighted by atomic mass is 16.5. The number of rotatable bonds is 9. The predicted octanol–water partition coefficient (Wildman–Crippen LogP) is 3.12. The van der Waals surface area contributed by atoms with Crippen molar-refractivity contribution >= 4 is 11.9 Å². The van der Waals surface area contributed by atoms with Gasteiger partial charge in [0, 0.05) is 0 Å². The molecule has 0 radical (unpaired) electrons. The number of hydrogen-bond donors (Lipinski definition) is 3. The molecule has 0 bridgehead atoms. The van der Waals surface area contributed by atoms with Gasteiger partial charge >= 0.3 is 11.9 Å². The van der Waals surface area contributed by atoms with Gasteiger partial charge in [-0.05, 0) is 62.1 Å². The Morgan fingerprint density at radius 2 is 1.59 bits per heavy atom. The number of hydrogen-bond acceptors (Lipinski definition) is 4. The monoisotopic (exact) mass is 372 g/mol. The normalized spacial score (nSPS) is 12.4. The number of carboxylic acids is 2. The second kappa shape index (κ2) is 8.68. The fourth-order valence-corrected chi connectivity index (χ4v) is 2.51. The molecule has 2 aromatic carbocycles. The van der Waals surface area contributed by atoms with E-state index in [1.54, 1.807) is 38.1 Å². The topological polar surface area (TPSA) is 104 Å². The molecule has 2 rings (SSSR count). The quantitative estimate of drug-likeness (QED) is 0.625. The van der Waals surface area contributed by atoms with Crippen LogP contribution in [0.1, 0.15) is 41.8 Å². The fraction of sp³-hybridized carbons (Fsp3) is 0.333. The average molecular weight is 372 g/mol. The molecule has 1 unspecified atom stereocenters. The number of carbonyl (C=O) groups is 2. The van der Waals surface area contributed by atoms with Crippen LogP contribution in [0.25, 0.3) is 0 Å². The van der Waals surface area contributed by atoms with Crippen molar-refractivity contribution in [1.82, 2.24) is 0 Å². The molecule has 0 spiro atoms. The van der Waals surface area contributed by atoms with E-state index in [4.69, 9.17) is 9.84 Å². The van der Waals surface area contributed by atoms with E-state index < -0.39 is 23.5 Å². The third-order valence-corrected chi connectivity index (χ3v) is 4.52. The van der Waals surface area contributed by atoms with Gasteiger partial charge in [0.05, 0.1) is 17.1 Å². The lowest BCUT2D eigenvalue weighted by molar-refractivity contribution is -0.142. The van der Waals surface area contributed by atoms with Crippen LogP contribution in [0, 0.1) is 0 Å². The van der Waals surface area contributed by atoms with E-state index in [1.165, 1.54) is 12.1 Å². The Morgan fingerprint density at radius 3 is 2.11 bits per heavy atom. The summed E-state index contributed by atoms with van der Waals surface area (Å²) >= 11 is 0. The maximum atomic E-state index is 11.3. The number of aromatic carboxylic acids is 1. The van der Waals surface area contributed by atoms with Gasteiger partial charge in [0.15, 0.2) is 0 Å². The molecule has 0 aliphatic rings. The molecule has 144 valence electrons. The van der Waals surface area contributed by atoms with Gasteiger partial charge in [0.25, 0.3) is 0 Å². The van der Waals surface area contributed by atoms with Crippen LogP contribution in [-0.4, -0.2) is 40.0 Å². The second-order valence-electron chi connectivity index (χ2n) is 6.96. The molecule has 6 nitrogen and oxygen atoms in total. The van der Waals surface area contributed by atoms with Gasteiger partial charge in [-0.3, -0.25) is 4.79 Å². The van der Waals surface area contributed by atoms with Crippen LogP contribution in [0.3, 0.4) is 0 Å². The van der Waals surface area contributed by atoms with Gasteiger partial charge < -0.3 is 20.1 Å². The Balaban J connectivity index is 1.82. The SMILES string of the molecule is CC(C)(C(=O)O)c1ccc(CCC(O)COc2ccc(C(=O)O)cc2)cc1. The molecule has 2 aromatic rings. The first-order valence-electron chi connectivity index (χ1n) is 8.67. The number of ether oxygens (including phenoxy) is 1. The van der Waals surface area contributed by atoms with Crippen molar-refractivity contribution in [2.45, 2.75) is 38.2 Å². The highest BCUT2D eigenvalue weighted by Crippen LogP contribution is 2.24. The zero-order chi connectivity index (χ0) is 20.0. The summed E-state index contributed by atoms with van der Waals surface area (Å²) in [6.45, 7) is 3.43. The molecule has 1 atom stereocenters. The summed E-state index contributed by atoms with van der Waals surface area (Å²) in [6, 6.07) is 13.4. The third-order valence-electron chi connectivity index (χ3n) is 4.52. The van der Waals surface area contributed by atoms with Crippen molar-refractivity contribution in [2.75, 3.05) is 6.61 Å². The molecule has 0 saturated carbocycles. The van der Waals surface area contributed by atoms with Crippen LogP contribution >= 0.6 is 0 Å². The van der Waals surface area contributed by atoms with Crippen molar-refractivity contribution in [2.24, 2.45) is 0 Å². The van der Waals surface area contributed by atoms with Crippen molar-refractivity contribution < 1.29 is 29.6 Å². The van der Waals surface area contributed by atoms with Crippen molar-refractivity contribution in [3.63, 3.8) is 0 Å². The van der Waals surface area contributed by atoms with Gasteiger partial charge in [0.2, 0.25) is 0 Å². The molecular formula is C21H24O6. The van der Waals surface area contributed by atoms with Gasteiger partial charge in [-0.15, -0.1) is 0 Å². The van der Waals surface area contributed by atoms with Gasteiger partial charge in [0.1, 0.15) is 12.4 Å². The molecule has 27 heavy (non-hydrogen) atoms. The largest absolute Gasteiger partial charge is 0.491 e. The molecule has 6 heteroatoms. The van der Waals surface area contributed by atoms with Crippen LogP contribution in [-0.2, 0) is 16.6 Å². The molecule has 0 saturated heterocycles. The van der Waals surface area contributed by atoms with Crippen LogP contribution in [0.4, 0.5) is 0 Å². The maximum Gasteiger partial charge on any atom is 0.335 e. The maximum absolute atomic E-state index is 11.3. The van der Waals surface area contributed by atoms with Crippen molar-refractivity contribution in [1.29, 1.82) is 0 Å². The summed E-state index contributed by atoms with van der Waals surface area (Å²) < 4.78 is 5.47. The number of benzene rings is 2. The molecule has 0 aliphatic carbocycles. The Bertz CT molecular complexity index is 777. The van der Waals surface area contributed by atoms with E-state index in [1.807, 2.05) is 12.1 Å². The van der Waals surface area contributed by atoms with Crippen molar-refractivity contribution in [3.8, 4) is 5.75 Å². The summed E-state index contributed by atoms with van der Waals surface area (Å²) in [7, 11) is 0. The summed E-state index contributed by atoms with van der Waals surface area (Å²) in [5.74, 6) is -1.38. The van der Waals surface area contributed by atoms with Crippen LogP contribution in [0.2, 0.25) is 0 Å². The highest BCUT2D eigenvalue weighted by molar-refractivity contribution is 5.87. The molecule has 0 heterocycles. The number of aliphatic carboxylic acids is 1. The first-order valence-corrected chi connectivity index (χ1v) is 8.67. The highest BCUT2D eigenvalue weighted by Gasteiger charge is 2.29. The van der Waals surface area contributed by atoms with Crippen molar-refractivity contribution in [3.05, 3.63) is 65.2 Å². The van der Waals surface area contributed by atoms with Crippen LogP contribution in [0.5, 0.6) is 5.75 Å². The van der Waals surface area contributed by atoms with E-state index in [0.717, 1.165) is 11.1 Å². The average Bonchev–Trinajstić information content (AvgIpc) is 2.65. The minimum Gasteiger partial charge on any atom is -0.491 e. The summed E-state index contributed by atoms with van der Waals surface area (Å²) in [6.07, 6.45) is 0.463. The van der Waals surface area contributed by atoms with E-state index >= 15 is 0 Å². The van der Waals surface area contributed by atoms with E-state index in [2.05, 4.69) is 0 Å². The smallest absolute Gasteiger partial charge is 0.335 e. The summed E-state index contributed by atoms with van der Waals surface area (Å²) in [4.78, 5) is 22.1. The lowest BCUT2D eigenvalue weighted by Gasteiger charge is -2.20. The minimum atomic E-state index is -1.00. The van der Waals surface area contributed by atoms with E-state index in [0.29, 0.717) is 18.6 Å². The lowest BCUT2D eigenvalue weighted by atomic mass is 9.84. The molecule has 0 fully saturated rings. The number of aliphatic hydroxyl groups is 1. The van der Waals surface area contributed by atoms with Crippen LogP contribution < -0.4 is 4.74 Å². The standard InChI is InChI=1S/C21H24O6/c1-21(2,20(25)26)16-8-3-14(4-9-16)5-10-17(22)13-27-18-11-6-15(7-12-18)19(23)24/h3-4,6-9,11-12,17,22H,5,10,13H2,1-2H3,(H,23,24)(H,25,26). The van der Waals surface area contributed by atoms with E-state index in [9.17, 15) is 19.8 Å². The van der Waals surface area contributed by atoms with Crippen LogP contribution in [0.15, 0.2) is 48.5 Å². The zero-order valence-corrected chi connectivity index (χ0v) is 15.4. The molecule has 0 aromatic heterocycles. The number of carboxylic acid groups (broad SMARTS) is 2. The second-order valence-corrected chi connectivity index (χ2v) is 6.96. The molecule has 0 aliphatic heterocycles. The summed E-state index contributed by atoms with van der Waals surface area (Å²) in [5.41, 5.74) is 0.969. The predicted molar refractivity (Wildman–Crippen MR) is 100 cm³/mol. The fourth-order valence-electron chi connectivity index (χ4n) is 2.51. The van der Waals surface area contributed by atoms with Gasteiger partial charge in [-0.2, -0.15) is 0 Å². The number of aryl methyl sites for hydroxylation is 1. The third kappa shape index (κ3) is 5.56. The summed E-state index contributed by atoms with van der Waals surface area (Å²) in [5, 5.41) is 28.2. The Kier molecular flexibility index (Phi) is 6.58. The Labute approximate surface area is 158 Å². The number of aliphatic hydroxyl groups excluding tert-OH is 1. The Morgan fingerprint density at radius 1 is 1.00 bits per heavy atom. The molecular weight excluding hydrogens is 348 g/mol. The minimum absolute atomic E-state index is 0.108. The van der Waals surface area contributed by atoms with Gasteiger partial charge in [-0.1, -0.05) is 24.3 Å². The van der Waals surface area contributed by atoms with Gasteiger partial charge in [-0.25, -0.2) is 4.79 Å². The molecule has 0 amide bonds. The Hall–Kier alpha value is -2.86. The first kappa shape index (κ1) is 20.5. The lowest BCUT2D eigenvalue weighted by Crippen LogP contribution is -2.28. The zero-order valence-electron chi connectivity index (χ0n) is 15.4. The first-order chi connectivity index (χ1) is 12.7.